The normalized spacial score (nSPS) is 19.5. The van der Waals surface area contributed by atoms with E-state index in [1.807, 2.05) is 0 Å². The fraction of sp³-hybridized carbons (Fsp3) is 0.571. The van der Waals surface area contributed by atoms with Crippen molar-refractivity contribution in [2.24, 2.45) is 0 Å². The third-order valence-electron chi connectivity index (χ3n) is 3.90. The van der Waals surface area contributed by atoms with Gasteiger partial charge in [0.2, 0.25) is 10.0 Å². The Balaban J connectivity index is 2.60. The first-order valence-electron chi connectivity index (χ1n) is 7.14. The molecule has 1 aliphatic rings. The van der Waals surface area contributed by atoms with E-state index < -0.39 is 28.0 Å². The number of furan rings is 1. The molecule has 23 heavy (non-hydrogen) atoms. The van der Waals surface area contributed by atoms with Gasteiger partial charge < -0.3 is 14.3 Å². The zero-order chi connectivity index (χ0) is 17.4. The van der Waals surface area contributed by atoms with Crippen molar-refractivity contribution >= 4 is 22.0 Å². The lowest BCUT2D eigenvalue weighted by Crippen LogP contribution is -2.48. The zero-order valence-electron chi connectivity index (χ0n) is 13.2. The molecular formula is C14H19NO7S. The van der Waals surface area contributed by atoms with Gasteiger partial charge in [-0.15, -0.1) is 0 Å². The van der Waals surface area contributed by atoms with Gasteiger partial charge in [-0.05, 0) is 33.1 Å². The first kappa shape index (κ1) is 17.5. The Morgan fingerprint density at radius 1 is 1.26 bits per heavy atom. The number of carbonyl (C=O) groups excluding carboxylic acids is 1. The second-order valence-corrected chi connectivity index (χ2v) is 7.20. The Kier molecular flexibility index (Phi) is 4.81. The lowest BCUT2D eigenvalue weighted by atomic mass is 10.1. The highest BCUT2D eigenvalue weighted by Crippen LogP contribution is 2.33. The molecule has 1 aromatic heterocycles. The van der Waals surface area contributed by atoms with E-state index in [0.717, 1.165) is 11.4 Å². The highest BCUT2D eigenvalue weighted by atomic mass is 32.2. The van der Waals surface area contributed by atoms with Crippen LogP contribution in [0.5, 0.6) is 0 Å². The molecule has 9 heteroatoms. The van der Waals surface area contributed by atoms with Crippen LogP contribution in [0.25, 0.3) is 0 Å². The number of sulfonamides is 1. The smallest absolute Gasteiger partial charge is 0.342 e. The maximum Gasteiger partial charge on any atom is 0.342 e. The van der Waals surface area contributed by atoms with Crippen molar-refractivity contribution in [1.82, 2.24) is 4.31 Å². The molecule has 0 amide bonds. The molecule has 128 valence electrons. The number of aliphatic carboxylic acids is 1. The Labute approximate surface area is 134 Å². The van der Waals surface area contributed by atoms with Gasteiger partial charge in [0.15, 0.2) is 0 Å². The molecule has 1 saturated heterocycles. The Morgan fingerprint density at radius 2 is 1.91 bits per heavy atom. The Bertz CT molecular complexity index is 735. The summed E-state index contributed by atoms with van der Waals surface area (Å²) in [5.41, 5.74) is -0.181. The molecule has 2 heterocycles. The summed E-state index contributed by atoms with van der Waals surface area (Å²) in [6.45, 7) is 2.97. The number of rotatable bonds is 4. The highest BCUT2D eigenvalue weighted by Gasteiger charge is 2.42. The van der Waals surface area contributed by atoms with Crippen LogP contribution in [0.15, 0.2) is 9.31 Å². The van der Waals surface area contributed by atoms with E-state index >= 15 is 0 Å². The molecule has 1 aliphatic heterocycles. The van der Waals surface area contributed by atoms with Crippen LogP contribution in [-0.4, -0.2) is 49.5 Å². The van der Waals surface area contributed by atoms with Gasteiger partial charge in [0.1, 0.15) is 28.0 Å². The molecule has 1 aromatic rings. The molecule has 1 fully saturated rings. The second kappa shape index (κ2) is 6.32. The highest BCUT2D eigenvalue weighted by molar-refractivity contribution is 7.89. The van der Waals surface area contributed by atoms with Crippen molar-refractivity contribution in [2.75, 3.05) is 13.7 Å². The first-order valence-corrected chi connectivity index (χ1v) is 8.58. The third-order valence-corrected chi connectivity index (χ3v) is 5.96. The minimum Gasteiger partial charge on any atom is -0.480 e. The molecule has 2 rings (SSSR count). The quantitative estimate of drug-likeness (QED) is 0.818. The average molecular weight is 345 g/mol. The third kappa shape index (κ3) is 2.98. The SMILES string of the molecule is COC(=O)c1c(C)oc(C)c1S(=O)(=O)N1CCCC[C@H]1C(=O)O. The van der Waals surface area contributed by atoms with E-state index in [2.05, 4.69) is 4.74 Å². The number of piperidine rings is 1. The number of nitrogens with zero attached hydrogens (tertiary/aromatic N) is 1. The summed E-state index contributed by atoms with van der Waals surface area (Å²) >= 11 is 0. The summed E-state index contributed by atoms with van der Waals surface area (Å²) < 4.78 is 36.8. The predicted octanol–water partition coefficient (Wildman–Crippen LogP) is 1.31. The molecule has 0 spiro atoms. The molecule has 0 aromatic carbocycles. The number of aryl methyl sites for hydroxylation is 2. The van der Waals surface area contributed by atoms with Crippen molar-refractivity contribution < 1.29 is 32.3 Å². The van der Waals surface area contributed by atoms with E-state index in [1.54, 1.807) is 0 Å². The lowest BCUT2D eigenvalue weighted by molar-refractivity contribution is -0.142. The average Bonchev–Trinajstić information content (AvgIpc) is 2.81. The van der Waals surface area contributed by atoms with Crippen molar-refractivity contribution in [3.05, 3.63) is 17.1 Å². The van der Waals surface area contributed by atoms with Gasteiger partial charge in [-0.2, -0.15) is 4.31 Å². The van der Waals surface area contributed by atoms with Crippen molar-refractivity contribution in [2.45, 2.75) is 44.0 Å². The van der Waals surface area contributed by atoms with E-state index in [1.165, 1.54) is 13.8 Å². The summed E-state index contributed by atoms with van der Waals surface area (Å²) in [4.78, 5) is 23.0. The van der Waals surface area contributed by atoms with Gasteiger partial charge in [0.05, 0.1) is 7.11 Å². The number of hydrogen-bond acceptors (Lipinski definition) is 6. The van der Waals surface area contributed by atoms with E-state index in [4.69, 9.17) is 4.42 Å². The number of carboxylic acid groups (broad SMARTS) is 1. The number of carboxylic acids is 1. The summed E-state index contributed by atoms with van der Waals surface area (Å²) in [6.07, 6.45) is 1.43. The van der Waals surface area contributed by atoms with Gasteiger partial charge in [-0.25, -0.2) is 13.2 Å². The summed E-state index contributed by atoms with van der Waals surface area (Å²) in [5.74, 6) is -1.87. The topological polar surface area (TPSA) is 114 Å². The minimum absolute atomic E-state index is 0.0395. The van der Waals surface area contributed by atoms with Crippen molar-refractivity contribution in [3.63, 3.8) is 0 Å². The first-order chi connectivity index (χ1) is 10.7. The van der Waals surface area contributed by atoms with Crippen LogP contribution in [0, 0.1) is 13.8 Å². The van der Waals surface area contributed by atoms with Gasteiger partial charge in [-0.3, -0.25) is 4.79 Å². The van der Waals surface area contributed by atoms with Crippen LogP contribution < -0.4 is 0 Å². The van der Waals surface area contributed by atoms with Gasteiger partial charge >= 0.3 is 11.9 Å². The Morgan fingerprint density at radius 3 is 2.48 bits per heavy atom. The van der Waals surface area contributed by atoms with Crippen LogP contribution in [0.1, 0.15) is 41.1 Å². The number of ether oxygens (including phenoxy) is 1. The maximum atomic E-state index is 13.0. The van der Waals surface area contributed by atoms with Gasteiger partial charge in [0, 0.05) is 6.54 Å². The molecular weight excluding hydrogens is 326 g/mol. The molecule has 0 aliphatic carbocycles. The maximum absolute atomic E-state index is 13.0. The van der Waals surface area contributed by atoms with E-state index in [0.29, 0.717) is 12.8 Å². The summed E-state index contributed by atoms with van der Waals surface area (Å²) in [6, 6.07) is -1.14. The van der Waals surface area contributed by atoms with E-state index in [9.17, 15) is 23.1 Å². The lowest BCUT2D eigenvalue weighted by Gasteiger charge is -2.31. The number of esters is 1. The molecule has 1 N–H and O–H groups in total. The fourth-order valence-corrected chi connectivity index (χ4v) is 4.89. The van der Waals surface area contributed by atoms with Crippen LogP contribution in [0.3, 0.4) is 0 Å². The molecule has 0 unspecified atom stereocenters. The standard InChI is InChI=1S/C14H19NO7S/c1-8-11(14(18)21-3)12(9(2)22-8)23(19,20)15-7-5-4-6-10(15)13(16)17/h10H,4-7H2,1-3H3,(H,16,17)/t10-/m0/s1. The molecule has 0 bridgehead atoms. The molecule has 8 nitrogen and oxygen atoms in total. The number of hydrogen-bond donors (Lipinski definition) is 1. The summed E-state index contributed by atoms with van der Waals surface area (Å²) in [7, 11) is -3.05. The molecule has 0 saturated carbocycles. The largest absolute Gasteiger partial charge is 0.480 e. The second-order valence-electron chi connectivity index (χ2n) is 5.38. The van der Waals surface area contributed by atoms with Crippen molar-refractivity contribution in [3.8, 4) is 0 Å². The van der Waals surface area contributed by atoms with Crippen LogP contribution in [-0.2, 0) is 19.6 Å². The number of carbonyl (C=O) groups is 2. The van der Waals surface area contributed by atoms with Crippen LogP contribution in [0.2, 0.25) is 0 Å². The van der Waals surface area contributed by atoms with Crippen molar-refractivity contribution in [1.29, 1.82) is 0 Å². The van der Waals surface area contributed by atoms with Gasteiger partial charge in [-0.1, -0.05) is 0 Å². The van der Waals surface area contributed by atoms with Crippen LogP contribution >= 0.6 is 0 Å². The fourth-order valence-electron chi connectivity index (χ4n) is 2.87. The molecule has 0 radical (unpaired) electrons. The van der Waals surface area contributed by atoms with E-state index in [-0.39, 0.29) is 34.9 Å². The van der Waals surface area contributed by atoms with Crippen LogP contribution in [0.4, 0.5) is 0 Å². The monoisotopic (exact) mass is 345 g/mol. The zero-order valence-corrected chi connectivity index (χ0v) is 14.0. The van der Waals surface area contributed by atoms with Gasteiger partial charge in [0.25, 0.3) is 0 Å². The minimum atomic E-state index is -4.19. The molecule has 1 atom stereocenters. The number of methoxy groups -OCH3 is 1. The predicted molar refractivity (Wildman–Crippen MR) is 78.7 cm³/mol. The summed E-state index contributed by atoms with van der Waals surface area (Å²) in [5, 5.41) is 9.30. The Hall–Kier alpha value is -1.87.